The number of hydrogen-bond acceptors (Lipinski definition) is 20. The first-order chi connectivity index (χ1) is 34.5. The summed E-state index contributed by atoms with van der Waals surface area (Å²) in [5.41, 5.74) is 2.48. The van der Waals surface area contributed by atoms with E-state index in [-0.39, 0.29) is 85.3 Å². The molecule has 3 heterocycles. The highest BCUT2D eigenvalue weighted by atomic mass is 32.2. The van der Waals surface area contributed by atoms with Gasteiger partial charge >= 0.3 is 5.97 Å². The minimum absolute atomic E-state index is 0.0210. The van der Waals surface area contributed by atoms with Gasteiger partial charge in [-0.05, 0) is 79.9 Å². The SMILES string of the molecule is CC(=O)Nc1cccc(-c2c(N=Nc3ccc(S(=O)(=O)CCC(=O)O)c(S(=O)(=O)O)c3)sc(N=Nc3cc(OCCCS(=O)(=O)O)c(N=Nc4c(C)c(C#N)c5nc6ccccc6n5c4O)cc3C)c2C#N)c1. The topological polar surface area (TPSA) is 378 Å². The van der Waals surface area contributed by atoms with Gasteiger partial charge in [0.1, 0.15) is 44.6 Å². The van der Waals surface area contributed by atoms with Gasteiger partial charge in [0.05, 0.1) is 51.8 Å². The Balaban J connectivity index is 1.32. The Morgan fingerprint density at radius 2 is 1.52 bits per heavy atom. The van der Waals surface area contributed by atoms with Crippen molar-refractivity contribution in [1.82, 2.24) is 9.38 Å². The van der Waals surface area contributed by atoms with Crippen LogP contribution >= 0.6 is 11.3 Å². The quantitative estimate of drug-likeness (QED) is 0.0303. The number of anilines is 1. The average Bonchev–Trinajstić information content (AvgIpc) is 3.89. The summed E-state index contributed by atoms with van der Waals surface area (Å²) in [7, 11) is -14.1. The molecule has 0 bridgehead atoms. The second-order valence-corrected chi connectivity index (χ2v) is 21.7. The van der Waals surface area contributed by atoms with Crippen LogP contribution in [0.25, 0.3) is 27.8 Å². The van der Waals surface area contributed by atoms with Crippen molar-refractivity contribution in [2.45, 2.75) is 43.4 Å². The second kappa shape index (κ2) is 21.1. The first-order valence-corrected chi connectivity index (χ1v) is 26.5. The number of imidazole rings is 1. The van der Waals surface area contributed by atoms with Gasteiger partial charge in [-0.2, -0.15) is 27.4 Å². The third-order valence-corrected chi connectivity index (χ3v) is 15.0. The van der Waals surface area contributed by atoms with E-state index in [4.69, 9.17) is 9.84 Å². The van der Waals surface area contributed by atoms with Crippen LogP contribution in [0.5, 0.6) is 11.6 Å². The molecule has 0 unspecified atom stereocenters. The molecule has 0 saturated carbocycles. The molecule has 0 spiro atoms. The van der Waals surface area contributed by atoms with E-state index >= 15 is 0 Å². The summed E-state index contributed by atoms with van der Waals surface area (Å²) in [6.45, 7) is 4.21. The summed E-state index contributed by atoms with van der Waals surface area (Å²) in [4.78, 5) is 25.6. The standard InChI is InChI=1S/C45H37N11O13S4/c1-24-18-34(52-53-41-25(2)30(22-46)42-49-32-10-4-5-11-35(32)56(42)45(41)60)36(69-15-7-16-72(63,64)65)21-33(24)51-54-43-31(23-47)40(27-8-6-9-28(19-27)48-26(3)57)44(70-43)55-50-29-12-13-37(38(20-29)73(66,67)68)71(61,62)17-14-39(58)59/h4-6,8-13,18-21,60H,7,14-17H2,1-3H3,(H,48,57)(H,58,59)(H,63,64,65)(H,66,67,68). The third-order valence-electron chi connectivity index (χ3n) is 10.5. The number of nitrogens with zero attached hydrogens (tertiary/aromatic N) is 10. The molecule has 0 atom stereocenters. The number of benzene rings is 4. The van der Waals surface area contributed by atoms with E-state index in [0.29, 0.717) is 33.9 Å². The van der Waals surface area contributed by atoms with Crippen LogP contribution in [0.1, 0.15) is 42.0 Å². The maximum Gasteiger partial charge on any atom is 0.304 e. The van der Waals surface area contributed by atoms with Crippen LogP contribution in [0.4, 0.5) is 38.4 Å². The number of amides is 1. The number of aromatic hydroxyl groups is 1. The first kappa shape index (κ1) is 52.4. The predicted molar refractivity (Wildman–Crippen MR) is 263 cm³/mol. The number of carbonyl (C=O) groups excluding carboxylic acids is 1. The number of nitriles is 2. The number of aliphatic carboxylic acids is 1. The lowest BCUT2D eigenvalue weighted by atomic mass is 10.0. The summed E-state index contributed by atoms with van der Waals surface area (Å²) in [5, 5.41) is 69.6. The van der Waals surface area contributed by atoms with Gasteiger partial charge in [0.25, 0.3) is 20.2 Å². The van der Waals surface area contributed by atoms with E-state index in [0.717, 1.165) is 23.5 Å². The van der Waals surface area contributed by atoms with Gasteiger partial charge in [-0.3, -0.25) is 23.1 Å². The first-order valence-electron chi connectivity index (χ1n) is 21.0. The number of fused-ring (bicyclic) bond motifs is 3. The number of aromatic nitrogens is 2. The van der Waals surface area contributed by atoms with Gasteiger partial charge in [-0.1, -0.05) is 35.6 Å². The zero-order chi connectivity index (χ0) is 53.0. The van der Waals surface area contributed by atoms with Crippen LogP contribution in [-0.2, 0) is 39.7 Å². The highest BCUT2D eigenvalue weighted by molar-refractivity contribution is 7.92. The number of aryl methyl sites for hydroxylation is 1. The molecule has 1 amide bonds. The van der Waals surface area contributed by atoms with Crippen LogP contribution in [0.15, 0.2) is 119 Å². The van der Waals surface area contributed by atoms with E-state index in [1.54, 1.807) is 56.3 Å². The van der Waals surface area contributed by atoms with Gasteiger partial charge in [0, 0.05) is 29.8 Å². The Labute approximate surface area is 418 Å². The van der Waals surface area contributed by atoms with Gasteiger partial charge in [-0.25, -0.2) is 13.4 Å². The maximum atomic E-state index is 12.9. The molecule has 0 aliphatic carbocycles. The van der Waals surface area contributed by atoms with Crippen molar-refractivity contribution in [3.8, 4) is 34.9 Å². The number of sulfone groups is 1. The molecule has 73 heavy (non-hydrogen) atoms. The average molecular weight is 1070 g/mol. The van der Waals surface area contributed by atoms with Crippen LogP contribution in [0.3, 0.4) is 0 Å². The van der Waals surface area contributed by atoms with Gasteiger partial charge in [0.2, 0.25) is 11.8 Å². The van der Waals surface area contributed by atoms with Crippen LogP contribution in [0, 0.1) is 36.5 Å². The van der Waals surface area contributed by atoms with Gasteiger partial charge in [0.15, 0.2) is 26.2 Å². The van der Waals surface area contributed by atoms with Crippen molar-refractivity contribution in [1.29, 1.82) is 10.5 Å². The Morgan fingerprint density at radius 3 is 2.21 bits per heavy atom. The molecular weight excluding hydrogens is 1030 g/mol. The number of carboxylic acids is 1. The number of thiophene rings is 1. The fourth-order valence-corrected chi connectivity index (χ4v) is 11.1. The van der Waals surface area contributed by atoms with E-state index in [1.165, 1.54) is 29.5 Å². The highest BCUT2D eigenvalue weighted by Crippen LogP contribution is 2.49. The number of ether oxygens (including phenoxy) is 1. The number of hydrogen-bond donors (Lipinski definition) is 5. The van der Waals surface area contributed by atoms with Crippen LogP contribution < -0.4 is 10.1 Å². The zero-order valence-electron chi connectivity index (χ0n) is 38.1. The number of nitrogens with one attached hydrogen (secondary N) is 1. The summed E-state index contributed by atoms with van der Waals surface area (Å²) in [5.74, 6) is -3.88. The number of para-hydroxylation sites is 2. The molecule has 5 N–H and O–H groups in total. The Kier molecular flexibility index (Phi) is 15.2. The fraction of sp³-hybridized carbons (Fsp3) is 0.178. The van der Waals surface area contributed by atoms with Crippen molar-refractivity contribution < 1.29 is 58.9 Å². The molecule has 24 nitrogen and oxygen atoms in total. The van der Waals surface area contributed by atoms with Gasteiger partial charge < -0.3 is 20.3 Å². The fourth-order valence-electron chi connectivity index (χ4n) is 7.14. The molecule has 0 aliphatic rings. The number of carboxylic acid groups (broad SMARTS) is 1. The lowest BCUT2D eigenvalue weighted by molar-refractivity contribution is -0.136. The molecule has 7 rings (SSSR count). The van der Waals surface area contributed by atoms with E-state index in [1.807, 2.05) is 0 Å². The van der Waals surface area contributed by atoms with Crippen LogP contribution in [-0.4, -0.2) is 83.9 Å². The zero-order valence-corrected chi connectivity index (χ0v) is 41.4. The lowest BCUT2D eigenvalue weighted by Crippen LogP contribution is -2.14. The van der Waals surface area contributed by atoms with E-state index in [9.17, 15) is 59.6 Å². The van der Waals surface area contributed by atoms with E-state index < -0.39 is 69.7 Å². The highest BCUT2D eigenvalue weighted by Gasteiger charge is 2.28. The maximum absolute atomic E-state index is 12.9. The summed E-state index contributed by atoms with van der Waals surface area (Å²) in [6.07, 6.45) is -1.01. The number of azo groups is 3. The minimum Gasteiger partial charge on any atom is -0.493 e. The van der Waals surface area contributed by atoms with Crippen molar-refractivity contribution in [2.75, 3.05) is 23.4 Å². The Morgan fingerprint density at radius 1 is 0.808 bits per heavy atom. The molecule has 0 aliphatic heterocycles. The van der Waals surface area contributed by atoms with Crippen molar-refractivity contribution in [3.05, 3.63) is 101 Å². The van der Waals surface area contributed by atoms with Crippen molar-refractivity contribution in [3.63, 3.8) is 0 Å². The Hall–Kier alpha value is -8.38. The van der Waals surface area contributed by atoms with Crippen LogP contribution in [0.2, 0.25) is 0 Å². The minimum atomic E-state index is -5.23. The third kappa shape index (κ3) is 11.9. The number of carbonyl (C=O) groups is 2. The normalized spacial score (nSPS) is 12.3. The van der Waals surface area contributed by atoms with Crippen molar-refractivity contribution in [2.24, 2.45) is 30.7 Å². The molecule has 0 fully saturated rings. The number of pyridine rings is 1. The molecular formula is C45H37N11O13S4. The molecule has 374 valence electrons. The smallest absolute Gasteiger partial charge is 0.304 e. The summed E-state index contributed by atoms with van der Waals surface area (Å²) < 4.78 is 100. The monoisotopic (exact) mass is 1070 g/mol. The lowest BCUT2D eigenvalue weighted by Gasteiger charge is -2.12. The van der Waals surface area contributed by atoms with Crippen molar-refractivity contribution >= 4 is 108 Å². The largest absolute Gasteiger partial charge is 0.493 e. The molecule has 0 saturated heterocycles. The molecule has 7 aromatic rings. The molecule has 3 aromatic heterocycles. The molecule has 28 heteroatoms. The summed E-state index contributed by atoms with van der Waals surface area (Å²) in [6, 6.07) is 22.8. The second-order valence-electron chi connectivity index (χ2n) is 15.6. The van der Waals surface area contributed by atoms with E-state index in [2.05, 4.69) is 53.1 Å². The number of rotatable bonds is 18. The molecule has 0 radical (unpaired) electrons. The Bertz CT molecular complexity index is 3950. The predicted octanol–water partition coefficient (Wildman–Crippen LogP) is 9.64. The summed E-state index contributed by atoms with van der Waals surface area (Å²) >= 11 is 0.788. The molecule has 4 aromatic carbocycles. The van der Waals surface area contributed by atoms with Gasteiger partial charge in [-0.15, -0.1) is 30.7 Å².